The molecule has 3 aromatic rings. The Morgan fingerprint density at radius 1 is 1.10 bits per heavy atom. The number of hydrogen-bond donors (Lipinski definition) is 1. The number of rotatable bonds is 8. The zero-order valence-corrected chi connectivity index (χ0v) is 17.1. The summed E-state index contributed by atoms with van der Waals surface area (Å²) in [6.07, 6.45) is 1.80. The van der Waals surface area contributed by atoms with Crippen molar-refractivity contribution < 1.29 is 17.6 Å². The molecule has 1 fully saturated rings. The van der Waals surface area contributed by atoms with E-state index in [2.05, 4.69) is 27.4 Å². The molecule has 0 radical (unpaired) electrons. The highest BCUT2D eigenvalue weighted by Gasteiger charge is 2.36. The molecule has 0 bridgehead atoms. The summed E-state index contributed by atoms with van der Waals surface area (Å²) in [6, 6.07) is 5.04. The van der Waals surface area contributed by atoms with E-state index in [1.54, 1.807) is 13.0 Å². The normalized spacial score (nSPS) is 14.4. The predicted octanol–water partition coefficient (Wildman–Crippen LogP) is 6.48. The number of halogens is 3. The van der Waals surface area contributed by atoms with Gasteiger partial charge in [-0.3, -0.25) is 0 Å². The van der Waals surface area contributed by atoms with Crippen LogP contribution in [0.25, 0.3) is 22.5 Å². The van der Waals surface area contributed by atoms with Gasteiger partial charge in [0.25, 0.3) is 5.89 Å². The molecule has 0 amide bonds. The van der Waals surface area contributed by atoms with Gasteiger partial charge >= 0.3 is 12.2 Å². The average molecular weight is 418 g/mol. The maximum absolute atomic E-state index is 13.8. The smallest absolute Gasteiger partial charge is 0.402 e. The van der Waals surface area contributed by atoms with E-state index in [4.69, 9.17) is 4.42 Å². The van der Waals surface area contributed by atoms with E-state index < -0.39 is 11.7 Å². The molecule has 8 heteroatoms. The van der Waals surface area contributed by atoms with Gasteiger partial charge in [-0.15, -0.1) is 5.10 Å². The minimum Gasteiger partial charge on any atom is -0.402 e. The molecule has 0 spiro atoms. The lowest BCUT2D eigenvalue weighted by molar-refractivity contribution is -0.136. The van der Waals surface area contributed by atoms with E-state index in [-0.39, 0.29) is 29.0 Å². The molecule has 30 heavy (non-hydrogen) atoms. The van der Waals surface area contributed by atoms with Crippen LogP contribution >= 0.6 is 0 Å². The molecule has 0 unspecified atom stereocenters. The molecular weight excluding hydrogens is 393 g/mol. The first-order valence-corrected chi connectivity index (χ1v) is 10.5. The van der Waals surface area contributed by atoms with Crippen molar-refractivity contribution in [2.75, 3.05) is 11.9 Å². The number of pyridine rings is 1. The Kier molecular flexibility index (Phi) is 5.66. The van der Waals surface area contributed by atoms with Gasteiger partial charge in [0.1, 0.15) is 5.69 Å². The SMILES string of the molecule is CCCCCCNc1nnc(-c2cc(C)c3cc(C4CC4)cc(C(F)(F)F)c3n2)o1. The van der Waals surface area contributed by atoms with Crippen molar-refractivity contribution in [2.45, 2.75) is 64.5 Å². The van der Waals surface area contributed by atoms with Crippen LogP contribution in [0.2, 0.25) is 0 Å². The molecular formula is C22H25F3N4O. The number of nitrogens with one attached hydrogen (secondary N) is 1. The molecule has 160 valence electrons. The molecule has 1 aliphatic rings. The van der Waals surface area contributed by atoms with Crippen LogP contribution in [0.3, 0.4) is 0 Å². The van der Waals surface area contributed by atoms with E-state index in [0.29, 0.717) is 17.5 Å². The minimum atomic E-state index is -4.48. The number of aryl methyl sites for hydroxylation is 1. The summed E-state index contributed by atoms with van der Waals surface area (Å²) in [5, 5.41) is 11.5. The third-order valence-electron chi connectivity index (χ3n) is 5.45. The van der Waals surface area contributed by atoms with Crippen molar-refractivity contribution >= 4 is 16.9 Å². The molecule has 0 saturated heterocycles. The molecule has 1 N–H and O–H groups in total. The standard InChI is InChI=1S/C22H25F3N4O/c1-3-4-5-6-9-26-21-29-28-20(30-21)18-10-13(2)16-11-15(14-7-8-14)12-17(19(16)27-18)22(23,24)25/h10-12,14H,3-9H2,1-2H3,(H,26,29). The van der Waals surface area contributed by atoms with Crippen molar-refractivity contribution in [1.82, 2.24) is 15.2 Å². The van der Waals surface area contributed by atoms with Crippen LogP contribution in [0.5, 0.6) is 0 Å². The first kappa shape index (κ1) is 20.6. The average Bonchev–Trinajstić information content (AvgIpc) is 3.44. The molecule has 1 aromatic carbocycles. The second-order valence-corrected chi connectivity index (χ2v) is 7.96. The van der Waals surface area contributed by atoms with Gasteiger partial charge < -0.3 is 9.73 Å². The summed E-state index contributed by atoms with van der Waals surface area (Å²) in [5.74, 6) is 0.326. The molecule has 1 aliphatic carbocycles. The lowest BCUT2D eigenvalue weighted by Crippen LogP contribution is -2.08. The first-order valence-electron chi connectivity index (χ1n) is 10.5. The van der Waals surface area contributed by atoms with Gasteiger partial charge in [-0.1, -0.05) is 31.3 Å². The van der Waals surface area contributed by atoms with Gasteiger partial charge in [-0.05, 0) is 61.4 Å². The molecule has 4 rings (SSSR count). The number of benzene rings is 1. The Bertz CT molecular complexity index is 1040. The van der Waals surface area contributed by atoms with Crippen molar-refractivity contribution in [1.29, 1.82) is 0 Å². The molecule has 2 heterocycles. The van der Waals surface area contributed by atoms with Crippen LogP contribution in [-0.2, 0) is 6.18 Å². The number of alkyl halides is 3. The maximum Gasteiger partial charge on any atom is 0.418 e. The number of hydrogen-bond acceptors (Lipinski definition) is 5. The van der Waals surface area contributed by atoms with Gasteiger partial charge in [0.15, 0.2) is 0 Å². The molecule has 5 nitrogen and oxygen atoms in total. The highest BCUT2D eigenvalue weighted by Crippen LogP contribution is 2.45. The van der Waals surface area contributed by atoms with E-state index in [1.165, 1.54) is 12.5 Å². The third-order valence-corrected chi connectivity index (χ3v) is 5.45. The van der Waals surface area contributed by atoms with Gasteiger partial charge in [-0.25, -0.2) is 4.98 Å². The van der Waals surface area contributed by atoms with Gasteiger partial charge in [0.2, 0.25) is 0 Å². The maximum atomic E-state index is 13.8. The second-order valence-electron chi connectivity index (χ2n) is 7.96. The van der Waals surface area contributed by atoms with E-state index in [0.717, 1.165) is 37.7 Å². The predicted molar refractivity (Wildman–Crippen MR) is 109 cm³/mol. The van der Waals surface area contributed by atoms with Crippen LogP contribution in [0.4, 0.5) is 19.2 Å². The molecule has 0 atom stereocenters. The van der Waals surface area contributed by atoms with Crippen molar-refractivity contribution in [2.24, 2.45) is 0 Å². The lowest BCUT2D eigenvalue weighted by Gasteiger charge is -2.14. The monoisotopic (exact) mass is 418 g/mol. The van der Waals surface area contributed by atoms with Crippen LogP contribution < -0.4 is 5.32 Å². The van der Waals surface area contributed by atoms with Crippen molar-refractivity contribution in [3.63, 3.8) is 0 Å². The van der Waals surface area contributed by atoms with Gasteiger partial charge in [0.05, 0.1) is 11.1 Å². The Morgan fingerprint density at radius 2 is 1.90 bits per heavy atom. The molecule has 2 aromatic heterocycles. The summed E-state index contributed by atoms with van der Waals surface area (Å²) in [5.41, 5.74) is 0.904. The Hall–Kier alpha value is -2.64. The second kappa shape index (κ2) is 8.24. The number of anilines is 1. The number of nitrogens with zero attached hydrogens (tertiary/aromatic N) is 3. The number of unbranched alkanes of at least 4 members (excludes halogenated alkanes) is 3. The fourth-order valence-electron chi connectivity index (χ4n) is 3.64. The summed E-state index contributed by atoms with van der Waals surface area (Å²) in [4.78, 5) is 4.28. The summed E-state index contributed by atoms with van der Waals surface area (Å²) in [6.45, 7) is 4.63. The van der Waals surface area contributed by atoms with E-state index in [9.17, 15) is 13.2 Å². The number of aromatic nitrogens is 3. The zero-order chi connectivity index (χ0) is 21.3. The van der Waals surface area contributed by atoms with Gasteiger partial charge in [0, 0.05) is 11.9 Å². The fraction of sp³-hybridized carbons (Fsp3) is 0.500. The third kappa shape index (κ3) is 4.42. The zero-order valence-electron chi connectivity index (χ0n) is 17.1. The Balaban J connectivity index is 1.65. The first-order chi connectivity index (χ1) is 14.4. The van der Waals surface area contributed by atoms with Crippen LogP contribution in [0.1, 0.15) is 68.1 Å². The lowest BCUT2D eigenvalue weighted by atomic mass is 9.98. The largest absolute Gasteiger partial charge is 0.418 e. The minimum absolute atomic E-state index is 0.0748. The highest BCUT2D eigenvalue weighted by atomic mass is 19.4. The summed E-state index contributed by atoms with van der Waals surface area (Å²) < 4.78 is 46.9. The quantitative estimate of drug-likeness (QED) is 0.424. The van der Waals surface area contributed by atoms with Crippen LogP contribution in [0, 0.1) is 6.92 Å². The molecule has 1 saturated carbocycles. The van der Waals surface area contributed by atoms with Crippen molar-refractivity contribution in [3.05, 3.63) is 34.9 Å². The highest BCUT2D eigenvalue weighted by molar-refractivity contribution is 5.88. The topological polar surface area (TPSA) is 63.8 Å². The summed E-state index contributed by atoms with van der Waals surface area (Å²) >= 11 is 0. The Morgan fingerprint density at radius 3 is 2.60 bits per heavy atom. The van der Waals surface area contributed by atoms with E-state index >= 15 is 0 Å². The van der Waals surface area contributed by atoms with Crippen molar-refractivity contribution in [3.8, 4) is 11.6 Å². The summed E-state index contributed by atoms with van der Waals surface area (Å²) in [7, 11) is 0. The van der Waals surface area contributed by atoms with Crippen LogP contribution in [0.15, 0.2) is 22.6 Å². The van der Waals surface area contributed by atoms with Crippen LogP contribution in [-0.4, -0.2) is 21.7 Å². The fourth-order valence-corrected chi connectivity index (χ4v) is 3.64. The molecule has 0 aliphatic heterocycles. The Labute approximate surface area is 173 Å². The van der Waals surface area contributed by atoms with E-state index in [1.807, 2.05) is 6.07 Å². The van der Waals surface area contributed by atoms with Gasteiger partial charge in [-0.2, -0.15) is 13.2 Å². The number of fused-ring (bicyclic) bond motifs is 1.